The number of nitrogens with zero attached hydrogens (tertiary/aromatic N) is 2. The van der Waals surface area contributed by atoms with Gasteiger partial charge in [0.25, 0.3) is 0 Å². The normalized spacial score (nSPS) is 11.6. The number of rotatable bonds is 5. The summed E-state index contributed by atoms with van der Waals surface area (Å²) < 4.78 is 6.54. The van der Waals surface area contributed by atoms with Crippen LogP contribution in [0.2, 0.25) is 0 Å². The van der Waals surface area contributed by atoms with E-state index in [-0.39, 0.29) is 0 Å². The quantitative estimate of drug-likeness (QED) is 0.139. The van der Waals surface area contributed by atoms with Gasteiger partial charge in [-0.1, -0.05) is 121 Å². The minimum Gasteiger partial charge on any atom is -0.435 e. The van der Waals surface area contributed by atoms with Crippen molar-refractivity contribution in [2.75, 3.05) is 4.90 Å². The van der Waals surface area contributed by atoms with Crippen molar-refractivity contribution < 1.29 is 4.42 Å². The van der Waals surface area contributed by atoms with E-state index in [1.54, 1.807) is 0 Å². The smallest absolute Gasteiger partial charge is 0.227 e. The summed E-state index contributed by atoms with van der Waals surface area (Å²) in [5.41, 5.74) is 8.33. The average molecular weight is 639 g/mol. The first-order valence-electron chi connectivity index (χ1n) is 17.0. The molecule has 0 spiro atoms. The molecule has 3 heteroatoms. The first kappa shape index (κ1) is 28.3. The summed E-state index contributed by atoms with van der Waals surface area (Å²) in [7, 11) is 0. The Morgan fingerprint density at radius 1 is 0.400 bits per heavy atom. The number of hydrogen-bond donors (Lipinski definition) is 0. The first-order chi connectivity index (χ1) is 24.8. The summed E-state index contributed by atoms with van der Waals surface area (Å²) in [6, 6.07) is 64.6. The maximum Gasteiger partial charge on any atom is 0.227 e. The van der Waals surface area contributed by atoms with Crippen LogP contribution < -0.4 is 4.90 Å². The predicted molar refractivity (Wildman–Crippen MR) is 210 cm³/mol. The fraction of sp³-hybridized carbons (Fsp3) is 0. The molecule has 10 rings (SSSR count). The summed E-state index contributed by atoms with van der Waals surface area (Å²) in [5, 5.41) is 9.48. The van der Waals surface area contributed by atoms with Gasteiger partial charge in [0.05, 0.1) is 0 Å². The van der Waals surface area contributed by atoms with E-state index in [9.17, 15) is 0 Å². The molecule has 9 aromatic carbocycles. The molecule has 0 unspecified atom stereocenters. The molecule has 0 atom stereocenters. The monoisotopic (exact) mass is 638 g/mol. The Morgan fingerprint density at radius 3 is 1.72 bits per heavy atom. The van der Waals surface area contributed by atoms with E-state index in [1.807, 2.05) is 30.3 Å². The summed E-state index contributed by atoms with van der Waals surface area (Å²) in [6.45, 7) is 0. The fourth-order valence-electron chi connectivity index (χ4n) is 7.48. The number of hydrogen-bond acceptors (Lipinski definition) is 3. The highest BCUT2D eigenvalue weighted by Crippen LogP contribution is 2.42. The van der Waals surface area contributed by atoms with E-state index in [1.165, 1.54) is 32.7 Å². The van der Waals surface area contributed by atoms with Gasteiger partial charge in [0.15, 0.2) is 5.58 Å². The molecule has 234 valence electrons. The molecule has 0 N–H and O–H groups in total. The maximum atomic E-state index is 6.54. The molecule has 3 nitrogen and oxygen atoms in total. The molecule has 1 aromatic heterocycles. The lowest BCUT2D eigenvalue weighted by molar-refractivity contribution is 0.623. The number of fused-ring (bicyclic) bond motifs is 7. The Balaban J connectivity index is 1.15. The van der Waals surface area contributed by atoms with Crippen LogP contribution in [-0.4, -0.2) is 4.98 Å². The molecule has 10 aromatic rings. The topological polar surface area (TPSA) is 29.3 Å². The van der Waals surface area contributed by atoms with Gasteiger partial charge in [-0.2, -0.15) is 0 Å². The van der Waals surface area contributed by atoms with Crippen LogP contribution in [0.1, 0.15) is 0 Å². The van der Waals surface area contributed by atoms with Crippen LogP contribution in [0.15, 0.2) is 186 Å². The zero-order chi connectivity index (χ0) is 33.0. The second kappa shape index (κ2) is 11.5. The van der Waals surface area contributed by atoms with Crippen molar-refractivity contribution in [2.24, 2.45) is 0 Å². The Labute approximate surface area is 289 Å². The van der Waals surface area contributed by atoms with Crippen molar-refractivity contribution >= 4 is 71.3 Å². The molecule has 0 saturated heterocycles. The second-order valence-electron chi connectivity index (χ2n) is 12.8. The standard InChI is InChI=1S/C47H30N2O/c1-3-11-34(12-4-1)47-48-43-28-24-33-20-19-31-21-27-39(30-42(31)45(33)46(43)50-47)49(37-15-5-2-6-16-37)38-25-22-32(23-26-38)44-40-17-9-7-13-35(40)29-36-14-8-10-18-41(36)44/h1-30H. The van der Waals surface area contributed by atoms with Crippen LogP contribution in [0.4, 0.5) is 17.1 Å². The van der Waals surface area contributed by atoms with Gasteiger partial charge in [0, 0.05) is 28.0 Å². The molecule has 1 heterocycles. The second-order valence-corrected chi connectivity index (χ2v) is 12.8. The summed E-state index contributed by atoms with van der Waals surface area (Å²) >= 11 is 0. The van der Waals surface area contributed by atoms with Gasteiger partial charge in [0.1, 0.15) is 5.52 Å². The highest BCUT2D eigenvalue weighted by molar-refractivity contribution is 6.19. The Hall–Kier alpha value is -6.71. The number of anilines is 3. The maximum absolute atomic E-state index is 6.54. The highest BCUT2D eigenvalue weighted by atomic mass is 16.3. The number of aromatic nitrogens is 1. The molecule has 0 fully saturated rings. The van der Waals surface area contributed by atoms with Crippen molar-refractivity contribution in [3.05, 3.63) is 182 Å². The summed E-state index contributed by atoms with van der Waals surface area (Å²) in [6.07, 6.45) is 0. The lowest BCUT2D eigenvalue weighted by Gasteiger charge is -2.26. The van der Waals surface area contributed by atoms with E-state index >= 15 is 0 Å². The van der Waals surface area contributed by atoms with Gasteiger partial charge < -0.3 is 9.32 Å². The van der Waals surface area contributed by atoms with Crippen LogP contribution >= 0.6 is 0 Å². The van der Waals surface area contributed by atoms with Crippen molar-refractivity contribution in [3.63, 3.8) is 0 Å². The van der Waals surface area contributed by atoms with E-state index < -0.39 is 0 Å². The highest BCUT2D eigenvalue weighted by Gasteiger charge is 2.18. The van der Waals surface area contributed by atoms with Crippen LogP contribution in [0.3, 0.4) is 0 Å². The van der Waals surface area contributed by atoms with Gasteiger partial charge in [-0.15, -0.1) is 0 Å². The number of oxazole rings is 1. The van der Waals surface area contributed by atoms with E-state index in [2.05, 4.69) is 157 Å². The van der Waals surface area contributed by atoms with Crippen molar-refractivity contribution in [3.8, 4) is 22.6 Å². The van der Waals surface area contributed by atoms with E-state index in [4.69, 9.17) is 9.40 Å². The third-order valence-electron chi connectivity index (χ3n) is 9.82. The zero-order valence-electron chi connectivity index (χ0n) is 27.1. The molecule has 0 aliphatic heterocycles. The van der Waals surface area contributed by atoms with Crippen molar-refractivity contribution in [1.29, 1.82) is 0 Å². The molecule has 0 aliphatic rings. The largest absolute Gasteiger partial charge is 0.435 e. The summed E-state index contributed by atoms with van der Waals surface area (Å²) in [4.78, 5) is 7.22. The van der Waals surface area contributed by atoms with Gasteiger partial charge >= 0.3 is 0 Å². The third-order valence-corrected chi connectivity index (χ3v) is 9.82. The molecular formula is C47H30N2O. The van der Waals surface area contributed by atoms with Crippen LogP contribution in [0, 0.1) is 0 Å². The Kier molecular flexibility index (Phi) is 6.49. The van der Waals surface area contributed by atoms with Crippen molar-refractivity contribution in [1.82, 2.24) is 4.98 Å². The van der Waals surface area contributed by atoms with Gasteiger partial charge in [-0.05, 0) is 109 Å². The fourth-order valence-corrected chi connectivity index (χ4v) is 7.48. The SMILES string of the molecule is c1ccc(-c2nc3ccc4ccc5ccc(N(c6ccccc6)c6ccc(-c7c8ccccc8cc8ccccc78)cc6)cc5c4c3o2)cc1. The number of para-hydroxylation sites is 1. The van der Waals surface area contributed by atoms with Crippen LogP contribution in [0.5, 0.6) is 0 Å². The minimum absolute atomic E-state index is 0.631. The molecule has 0 radical (unpaired) electrons. The lowest BCUT2D eigenvalue weighted by Crippen LogP contribution is -2.09. The summed E-state index contributed by atoms with van der Waals surface area (Å²) in [5.74, 6) is 0.631. The van der Waals surface area contributed by atoms with E-state index in [0.29, 0.717) is 5.89 Å². The Morgan fingerprint density at radius 2 is 0.980 bits per heavy atom. The van der Waals surface area contributed by atoms with E-state index in [0.717, 1.165) is 55.3 Å². The van der Waals surface area contributed by atoms with Crippen molar-refractivity contribution in [2.45, 2.75) is 0 Å². The van der Waals surface area contributed by atoms with Gasteiger partial charge in [-0.3, -0.25) is 0 Å². The third kappa shape index (κ3) is 4.63. The molecular weight excluding hydrogens is 609 g/mol. The average Bonchev–Trinajstić information content (AvgIpc) is 3.63. The molecule has 0 saturated carbocycles. The molecule has 0 bridgehead atoms. The first-order valence-corrected chi connectivity index (χ1v) is 17.0. The van der Waals surface area contributed by atoms with Gasteiger partial charge in [0.2, 0.25) is 5.89 Å². The Bertz CT molecular complexity index is 2800. The molecule has 0 aliphatic carbocycles. The van der Waals surface area contributed by atoms with Gasteiger partial charge in [-0.25, -0.2) is 4.98 Å². The molecule has 50 heavy (non-hydrogen) atoms. The molecule has 0 amide bonds. The lowest BCUT2D eigenvalue weighted by atomic mass is 9.92. The zero-order valence-corrected chi connectivity index (χ0v) is 27.1. The van der Waals surface area contributed by atoms with Crippen LogP contribution in [-0.2, 0) is 0 Å². The van der Waals surface area contributed by atoms with Crippen LogP contribution in [0.25, 0.3) is 76.8 Å². The predicted octanol–water partition coefficient (Wildman–Crippen LogP) is 13.2. The number of benzene rings is 9. The minimum atomic E-state index is 0.631.